The van der Waals surface area contributed by atoms with Crippen LogP contribution in [0.15, 0.2) is 59.3 Å². The summed E-state index contributed by atoms with van der Waals surface area (Å²) in [6.07, 6.45) is 1.44. The van der Waals surface area contributed by atoms with Gasteiger partial charge in [-0.1, -0.05) is 23.4 Å². The van der Waals surface area contributed by atoms with Gasteiger partial charge in [-0.2, -0.15) is 0 Å². The second-order valence-electron chi connectivity index (χ2n) is 5.96. The molecule has 2 heterocycles. The summed E-state index contributed by atoms with van der Waals surface area (Å²) in [5.41, 5.74) is 1.12. The molecule has 0 radical (unpaired) electrons. The van der Waals surface area contributed by atoms with E-state index in [1.54, 1.807) is 24.3 Å². The van der Waals surface area contributed by atoms with Crippen molar-refractivity contribution in [3.05, 3.63) is 77.6 Å². The molecule has 1 N–H and O–H groups in total. The average Bonchev–Trinajstić information content (AvgIpc) is 3.32. The van der Waals surface area contributed by atoms with E-state index in [2.05, 4.69) is 10.1 Å². The first kappa shape index (κ1) is 17.6. The number of carbonyl (C=O) groups is 2. The van der Waals surface area contributed by atoms with E-state index in [-0.39, 0.29) is 29.2 Å². The highest BCUT2D eigenvalue weighted by Crippen LogP contribution is 2.24. The molecule has 0 aliphatic carbocycles. The largest absolute Gasteiger partial charge is 0.453 e. The number of hydrogen-bond acceptors (Lipinski definition) is 5. The molecule has 0 spiro atoms. The van der Waals surface area contributed by atoms with Gasteiger partial charge in [0.05, 0.1) is 11.1 Å². The average molecular weight is 382 g/mol. The molecule has 0 saturated carbocycles. The zero-order valence-electron chi connectivity index (χ0n) is 14.2. The summed E-state index contributed by atoms with van der Waals surface area (Å²) in [7, 11) is 0. The standard InChI is InChI=1S/C20H12F2N2O4/c21-11-5-6-14(16(22)7-11)18-8-12(24-28-18)10-27-20(26)19(25)15-9-23-17-4-2-1-3-13(15)17/h1-9,23H,10H2. The lowest BCUT2D eigenvalue weighted by molar-refractivity contribution is -0.139. The highest BCUT2D eigenvalue weighted by Gasteiger charge is 2.22. The lowest BCUT2D eigenvalue weighted by Gasteiger charge is -2.01. The van der Waals surface area contributed by atoms with Crippen LogP contribution in [0, 0.1) is 11.6 Å². The van der Waals surface area contributed by atoms with Crippen LogP contribution in [0.5, 0.6) is 0 Å². The molecule has 0 aliphatic heterocycles. The first-order chi connectivity index (χ1) is 13.5. The molecule has 2 aromatic heterocycles. The second-order valence-corrected chi connectivity index (χ2v) is 5.96. The number of ether oxygens (including phenoxy) is 1. The summed E-state index contributed by atoms with van der Waals surface area (Å²) in [6.45, 7) is -0.334. The third-order valence-corrected chi connectivity index (χ3v) is 4.13. The van der Waals surface area contributed by atoms with Gasteiger partial charge in [-0.05, 0) is 18.2 Å². The molecule has 0 fully saturated rings. The van der Waals surface area contributed by atoms with Crippen molar-refractivity contribution in [2.75, 3.05) is 0 Å². The van der Waals surface area contributed by atoms with Gasteiger partial charge in [-0.3, -0.25) is 4.79 Å². The van der Waals surface area contributed by atoms with Gasteiger partial charge in [0.1, 0.15) is 23.9 Å². The highest BCUT2D eigenvalue weighted by atomic mass is 19.1. The van der Waals surface area contributed by atoms with Crippen LogP contribution in [-0.4, -0.2) is 21.9 Å². The highest BCUT2D eigenvalue weighted by molar-refractivity contribution is 6.42. The van der Waals surface area contributed by atoms with Crippen molar-refractivity contribution in [2.45, 2.75) is 6.61 Å². The van der Waals surface area contributed by atoms with E-state index < -0.39 is 23.4 Å². The van der Waals surface area contributed by atoms with Crippen molar-refractivity contribution in [1.82, 2.24) is 10.1 Å². The number of fused-ring (bicyclic) bond motifs is 1. The summed E-state index contributed by atoms with van der Waals surface area (Å²) in [6, 6.07) is 11.4. The quantitative estimate of drug-likeness (QED) is 0.320. The molecule has 2 aromatic carbocycles. The Kier molecular flexibility index (Phi) is 4.44. The number of rotatable bonds is 5. The van der Waals surface area contributed by atoms with E-state index in [0.717, 1.165) is 17.6 Å². The number of hydrogen-bond donors (Lipinski definition) is 1. The minimum atomic E-state index is -1.05. The third kappa shape index (κ3) is 3.27. The van der Waals surface area contributed by atoms with Crippen LogP contribution in [0.4, 0.5) is 8.78 Å². The van der Waals surface area contributed by atoms with E-state index in [1.807, 2.05) is 0 Å². The molecule has 28 heavy (non-hydrogen) atoms. The summed E-state index contributed by atoms with van der Waals surface area (Å²) in [5, 5.41) is 4.28. The molecule has 6 nitrogen and oxygen atoms in total. The van der Waals surface area contributed by atoms with Crippen LogP contribution >= 0.6 is 0 Å². The lowest BCUT2D eigenvalue weighted by Crippen LogP contribution is -2.17. The Morgan fingerprint density at radius 2 is 1.93 bits per heavy atom. The number of benzene rings is 2. The van der Waals surface area contributed by atoms with Gasteiger partial charge in [0.2, 0.25) is 0 Å². The minimum Gasteiger partial charge on any atom is -0.453 e. The number of halogens is 2. The number of H-pyrrole nitrogens is 1. The van der Waals surface area contributed by atoms with E-state index >= 15 is 0 Å². The van der Waals surface area contributed by atoms with Gasteiger partial charge in [0.25, 0.3) is 5.78 Å². The lowest BCUT2D eigenvalue weighted by atomic mass is 10.1. The normalized spacial score (nSPS) is 10.9. The first-order valence-corrected chi connectivity index (χ1v) is 8.21. The number of para-hydroxylation sites is 1. The minimum absolute atomic E-state index is 0.0151. The summed E-state index contributed by atoms with van der Waals surface area (Å²) < 4.78 is 36.8. The Balaban J connectivity index is 1.45. The van der Waals surface area contributed by atoms with Gasteiger partial charge in [0.15, 0.2) is 5.76 Å². The van der Waals surface area contributed by atoms with Crippen molar-refractivity contribution >= 4 is 22.7 Å². The second kappa shape index (κ2) is 7.07. The maximum atomic E-state index is 13.8. The molecule has 4 aromatic rings. The number of ketones is 1. The van der Waals surface area contributed by atoms with Gasteiger partial charge in [-0.25, -0.2) is 13.6 Å². The molecular formula is C20H12F2N2O4. The molecular weight excluding hydrogens is 370 g/mol. The van der Waals surface area contributed by atoms with Gasteiger partial charge < -0.3 is 14.2 Å². The fourth-order valence-electron chi connectivity index (χ4n) is 2.77. The molecule has 8 heteroatoms. The maximum Gasteiger partial charge on any atom is 0.380 e. The fraction of sp³-hybridized carbons (Fsp3) is 0.0500. The maximum absolute atomic E-state index is 13.8. The van der Waals surface area contributed by atoms with Crippen molar-refractivity contribution in [3.63, 3.8) is 0 Å². The third-order valence-electron chi connectivity index (χ3n) is 4.13. The van der Waals surface area contributed by atoms with Crippen molar-refractivity contribution in [3.8, 4) is 11.3 Å². The summed E-state index contributed by atoms with van der Waals surface area (Å²) in [5.74, 6) is -3.33. The zero-order chi connectivity index (χ0) is 19.7. The van der Waals surface area contributed by atoms with Crippen molar-refractivity contribution < 1.29 is 27.6 Å². The first-order valence-electron chi connectivity index (χ1n) is 8.21. The summed E-state index contributed by atoms with van der Waals surface area (Å²) in [4.78, 5) is 27.3. The Morgan fingerprint density at radius 1 is 1.11 bits per heavy atom. The number of esters is 1. The number of nitrogens with one attached hydrogen (secondary N) is 1. The van der Waals surface area contributed by atoms with Crippen LogP contribution in [0.3, 0.4) is 0 Å². The Morgan fingerprint density at radius 3 is 2.75 bits per heavy atom. The van der Waals surface area contributed by atoms with Crippen LogP contribution < -0.4 is 0 Å². The number of Topliss-reactive ketones (excluding diaryl/α,β-unsaturated/α-hetero) is 1. The SMILES string of the molecule is O=C(OCc1cc(-c2ccc(F)cc2F)on1)C(=O)c1c[nH]c2ccccc12. The number of aromatic nitrogens is 2. The molecule has 0 aliphatic rings. The summed E-state index contributed by atoms with van der Waals surface area (Å²) >= 11 is 0. The molecule has 140 valence electrons. The van der Waals surface area contributed by atoms with Crippen LogP contribution in [0.1, 0.15) is 16.1 Å². The fourth-order valence-corrected chi connectivity index (χ4v) is 2.77. The van der Waals surface area contributed by atoms with Gasteiger partial charge in [-0.15, -0.1) is 0 Å². The predicted octanol–water partition coefficient (Wildman–Crippen LogP) is 4.03. The van der Waals surface area contributed by atoms with Crippen LogP contribution in [0.25, 0.3) is 22.2 Å². The molecule has 0 bridgehead atoms. The molecule has 0 unspecified atom stereocenters. The Bertz CT molecular complexity index is 1200. The molecule has 4 rings (SSSR count). The Hall–Kier alpha value is -3.81. The topological polar surface area (TPSA) is 85.2 Å². The van der Waals surface area contributed by atoms with Crippen LogP contribution in [0.2, 0.25) is 0 Å². The molecule has 0 amide bonds. The number of aromatic amines is 1. The van der Waals surface area contributed by atoms with Crippen molar-refractivity contribution in [2.24, 2.45) is 0 Å². The van der Waals surface area contributed by atoms with E-state index in [9.17, 15) is 18.4 Å². The predicted molar refractivity (Wildman–Crippen MR) is 94.3 cm³/mol. The van der Waals surface area contributed by atoms with Crippen molar-refractivity contribution in [1.29, 1.82) is 0 Å². The number of carbonyl (C=O) groups excluding carboxylic acids is 2. The number of nitrogens with zero attached hydrogens (tertiary/aromatic N) is 1. The molecule has 0 atom stereocenters. The van der Waals surface area contributed by atoms with Gasteiger partial charge in [0, 0.05) is 29.2 Å². The van der Waals surface area contributed by atoms with E-state index in [1.165, 1.54) is 18.3 Å². The smallest absolute Gasteiger partial charge is 0.380 e. The molecule has 0 saturated heterocycles. The van der Waals surface area contributed by atoms with Gasteiger partial charge >= 0.3 is 5.97 Å². The Labute approximate surface area is 156 Å². The zero-order valence-corrected chi connectivity index (χ0v) is 14.2. The van der Waals surface area contributed by atoms with E-state index in [0.29, 0.717) is 5.39 Å². The van der Waals surface area contributed by atoms with Crippen LogP contribution in [-0.2, 0) is 16.1 Å². The van der Waals surface area contributed by atoms with E-state index in [4.69, 9.17) is 9.26 Å². The monoisotopic (exact) mass is 382 g/mol.